The Balaban J connectivity index is 1.04. The molecule has 0 spiro atoms. The number of carbonyl (C=O) groups excluding carboxylic acids is 3. The second kappa shape index (κ2) is 10.8. The average Bonchev–Trinajstić information content (AvgIpc) is 3.09. The first kappa shape index (κ1) is 25.1. The summed E-state index contributed by atoms with van der Waals surface area (Å²) in [6.07, 6.45) is 8.57. The lowest BCUT2D eigenvalue weighted by Crippen LogP contribution is -2.78. The third-order valence-corrected chi connectivity index (χ3v) is 8.51. The second-order valence-electron chi connectivity index (χ2n) is 11.5. The molecule has 1 unspecified atom stereocenters. The van der Waals surface area contributed by atoms with Crippen molar-refractivity contribution in [1.82, 2.24) is 20.4 Å². The van der Waals surface area contributed by atoms with Crippen molar-refractivity contribution >= 4 is 17.9 Å². The van der Waals surface area contributed by atoms with Gasteiger partial charge in [0.1, 0.15) is 6.61 Å². The van der Waals surface area contributed by atoms with Gasteiger partial charge in [0.2, 0.25) is 11.8 Å². The molecule has 5 fully saturated rings. The number of alkyl carbamates (subject to hydrolysis) is 1. The van der Waals surface area contributed by atoms with Gasteiger partial charge in [-0.15, -0.1) is 0 Å². The number of likely N-dealkylation sites (tertiary alicyclic amines) is 2. The minimum atomic E-state index is -0.414. The van der Waals surface area contributed by atoms with E-state index in [4.69, 9.17) is 4.74 Å². The van der Waals surface area contributed by atoms with Crippen LogP contribution in [0.15, 0.2) is 30.3 Å². The third kappa shape index (κ3) is 5.69. The van der Waals surface area contributed by atoms with E-state index < -0.39 is 6.09 Å². The number of ether oxygens (including phenoxy) is 1. The fraction of sp³-hybridized carbons (Fsp3) is 0.679. The molecule has 0 aromatic heterocycles. The van der Waals surface area contributed by atoms with Crippen molar-refractivity contribution < 1.29 is 19.1 Å². The number of benzene rings is 1. The van der Waals surface area contributed by atoms with Crippen molar-refractivity contribution in [2.24, 2.45) is 11.3 Å². The van der Waals surface area contributed by atoms with Crippen LogP contribution in [0.1, 0.15) is 63.4 Å². The topological polar surface area (TPSA) is 91.0 Å². The lowest BCUT2D eigenvalue weighted by molar-refractivity contribution is -0.193. The minimum absolute atomic E-state index is 0.109. The highest BCUT2D eigenvalue weighted by Gasteiger charge is 2.72. The van der Waals surface area contributed by atoms with Gasteiger partial charge in [0.25, 0.3) is 0 Å². The summed E-state index contributed by atoms with van der Waals surface area (Å²) in [5, 5.41) is 6.15. The van der Waals surface area contributed by atoms with E-state index in [9.17, 15) is 14.4 Å². The van der Waals surface area contributed by atoms with E-state index in [-0.39, 0.29) is 35.3 Å². The van der Waals surface area contributed by atoms with Gasteiger partial charge in [0.15, 0.2) is 0 Å². The van der Waals surface area contributed by atoms with Crippen molar-refractivity contribution in [3.8, 4) is 0 Å². The zero-order chi connectivity index (χ0) is 25.0. The molecular weight excluding hydrogens is 456 g/mol. The molecule has 2 saturated heterocycles. The molecular formula is C28H40N4O4. The number of nitrogens with one attached hydrogen (secondary N) is 2. The lowest BCUT2D eigenvalue weighted by atomic mass is 9.39. The molecule has 3 aliphatic carbocycles. The molecule has 0 radical (unpaired) electrons. The van der Waals surface area contributed by atoms with Gasteiger partial charge in [-0.2, -0.15) is 0 Å². The molecule has 1 atom stereocenters. The Morgan fingerprint density at radius 2 is 1.67 bits per heavy atom. The van der Waals surface area contributed by atoms with Gasteiger partial charge in [-0.05, 0) is 69.5 Å². The fourth-order valence-electron chi connectivity index (χ4n) is 6.72. The molecule has 5 aliphatic rings. The van der Waals surface area contributed by atoms with Crippen molar-refractivity contribution in [3.05, 3.63) is 35.9 Å². The average molecular weight is 497 g/mol. The largest absolute Gasteiger partial charge is 0.445 e. The predicted octanol–water partition coefficient (Wildman–Crippen LogP) is 3.07. The Morgan fingerprint density at radius 3 is 2.42 bits per heavy atom. The third-order valence-electron chi connectivity index (χ3n) is 8.51. The predicted molar refractivity (Wildman–Crippen MR) is 136 cm³/mol. The molecule has 2 aliphatic heterocycles. The highest BCUT2D eigenvalue weighted by atomic mass is 16.5. The van der Waals surface area contributed by atoms with E-state index in [1.54, 1.807) is 0 Å². The summed E-state index contributed by atoms with van der Waals surface area (Å²) in [6.45, 7) is 4.73. The Labute approximate surface area is 214 Å². The van der Waals surface area contributed by atoms with Crippen LogP contribution < -0.4 is 10.6 Å². The summed E-state index contributed by atoms with van der Waals surface area (Å²) in [5.74, 6) is 0.581. The molecule has 2 bridgehead atoms. The smallest absolute Gasteiger partial charge is 0.407 e. The van der Waals surface area contributed by atoms with Crippen LogP contribution in [0.2, 0.25) is 0 Å². The van der Waals surface area contributed by atoms with Crippen molar-refractivity contribution in [3.63, 3.8) is 0 Å². The monoisotopic (exact) mass is 496 g/mol. The van der Waals surface area contributed by atoms with E-state index in [2.05, 4.69) is 15.5 Å². The second-order valence-corrected chi connectivity index (χ2v) is 11.5. The minimum Gasteiger partial charge on any atom is -0.445 e. The van der Waals surface area contributed by atoms with Crippen LogP contribution in [0.25, 0.3) is 0 Å². The highest BCUT2D eigenvalue weighted by molar-refractivity contribution is 5.89. The van der Waals surface area contributed by atoms with E-state index in [0.29, 0.717) is 19.6 Å². The fourth-order valence-corrected chi connectivity index (χ4v) is 6.72. The van der Waals surface area contributed by atoms with Crippen molar-refractivity contribution in [2.45, 2.75) is 69.9 Å². The Bertz CT molecular complexity index is 926. The van der Waals surface area contributed by atoms with Crippen LogP contribution in [-0.4, -0.2) is 72.5 Å². The van der Waals surface area contributed by atoms with Crippen molar-refractivity contribution in [1.29, 1.82) is 0 Å². The zero-order valence-electron chi connectivity index (χ0n) is 21.3. The summed E-state index contributed by atoms with van der Waals surface area (Å²) in [6, 6.07) is 9.63. The molecule has 2 heterocycles. The Hall–Kier alpha value is -2.61. The molecule has 2 N–H and O–H groups in total. The number of piperidine rings is 1. The maximum absolute atomic E-state index is 13.5. The summed E-state index contributed by atoms with van der Waals surface area (Å²) in [4.78, 5) is 42.5. The van der Waals surface area contributed by atoms with E-state index >= 15 is 0 Å². The van der Waals surface area contributed by atoms with Gasteiger partial charge in [-0.25, -0.2) is 4.79 Å². The molecule has 8 nitrogen and oxygen atoms in total. The molecule has 3 saturated carbocycles. The SMILES string of the molecule is O=C(CN1CCCCC1)NC12CC(C(=O)N3CCCCC(CNC(=O)OCc4ccccc4)C3)(C1)C2. The first-order valence-electron chi connectivity index (χ1n) is 13.7. The summed E-state index contributed by atoms with van der Waals surface area (Å²) in [7, 11) is 0. The quantitative estimate of drug-likeness (QED) is 0.577. The molecule has 6 rings (SSSR count). The van der Waals surface area contributed by atoms with Crippen LogP contribution in [-0.2, 0) is 20.9 Å². The maximum atomic E-state index is 13.5. The number of rotatable bonds is 8. The normalized spacial score (nSPS) is 29.8. The van der Waals surface area contributed by atoms with Gasteiger partial charge in [-0.1, -0.05) is 43.2 Å². The van der Waals surface area contributed by atoms with Gasteiger partial charge < -0.3 is 20.3 Å². The molecule has 196 valence electrons. The Kier molecular flexibility index (Phi) is 7.51. The van der Waals surface area contributed by atoms with Gasteiger partial charge >= 0.3 is 6.09 Å². The van der Waals surface area contributed by atoms with Gasteiger partial charge in [-0.3, -0.25) is 14.5 Å². The van der Waals surface area contributed by atoms with E-state index in [0.717, 1.165) is 63.7 Å². The molecule has 8 heteroatoms. The number of hydrogen-bond acceptors (Lipinski definition) is 5. The highest BCUT2D eigenvalue weighted by Crippen LogP contribution is 2.68. The molecule has 3 amide bonds. The number of carbonyl (C=O) groups is 3. The summed E-state index contributed by atoms with van der Waals surface area (Å²) >= 11 is 0. The maximum Gasteiger partial charge on any atom is 0.407 e. The number of nitrogens with zero attached hydrogens (tertiary/aromatic N) is 2. The van der Waals surface area contributed by atoms with Crippen LogP contribution in [0, 0.1) is 11.3 Å². The molecule has 1 aromatic carbocycles. The first-order chi connectivity index (χ1) is 17.5. The van der Waals surface area contributed by atoms with Crippen LogP contribution in [0.4, 0.5) is 4.79 Å². The van der Waals surface area contributed by atoms with Crippen molar-refractivity contribution in [2.75, 3.05) is 39.3 Å². The molecule has 1 aromatic rings. The van der Waals surface area contributed by atoms with Gasteiger partial charge in [0, 0.05) is 25.2 Å². The van der Waals surface area contributed by atoms with E-state index in [1.807, 2.05) is 35.2 Å². The Morgan fingerprint density at radius 1 is 0.944 bits per heavy atom. The van der Waals surface area contributed by atoms with E-state index in [1.165, 1.54) is 19.3 Å². The number of hydrogen-bond donors (Lipinski definition) is 2. The van der Waals surface area contributed by atoms with Crippen LogP contribution in [0.5, 0.6) is 0 Å². The lowest BCUT2D eigenvalue weighted by Gasteiger charge is -2.69. The zero-order valence-corrected chi connectivity index (χ0v) is 21.3. The van der Waals surface area contributed by atoms with Crippen LogP contribution >= 0.6 is 0 Å². The van der Waals surface area contributed by atoms with Gasteiger partial charge in [0.05, 0.1) is 12.0 Å². The first-order valence-corrected chi connectivity index (χ1v) is 13.7. The van der Waals surface area contributed by atoms with Crippen LogP contribution in [0.3, 0.4) is 0 Å². The molecule has 36 heavy (non-hydrogen) atoms. The number of amides is 3. The summed E-state index contributed by atoms with van der Waals surface area (Å²) < 4.78 is 5.33. The summed E-state index contributed by atoms with van der Waals surface area (Å²) in [5.41, 5.74) is 0.519. The standard InChI is InChI=1S/C28H40N4O4/c33-24(17-31-12-6-2-7-13-31)30-28-19-27(20-28,21-28)25(34)32-14-8-5-11-23(16-32)15-29-26(35)36-18-22-9-3-1-4-10-22/h1,3-4,9-10,23H,2,5-8,11-21H2,(H,29,35)(H,30,33).